The maximum Gasteiger partial charge on any atom is 0.194 e. The van der Waals surface area contributed by atoms with E-state index in [1.807, 2.05) is 36.4 Å². The van der Waals surface area contributed by atoms with E-state index in [0.717, 1.165) is 55.7 Å². The molecule has 1 atom stereocenters. The molecule has 1 aliphatic rings. The molecule has 1 aliphatic heterocycles. The van der Waals surface area contributed by atoms with Crippen molar-refractivity contribution in [2.45, 2.75) is 13.0 Å². The van der Waals surface area contributed by atoms with Crippen LogP contribution in [0.15, 0.2) is 53.5 Å². The molecule has 0 amide bonds. The summed E-state index contributed by atoms with van der Waals surface area (Å²) in [5, 5.41) is 13.9. The van der Waals surface area contributed by atoms with Crippen LogP contribution in [0.25, 0.3) is 0 Å². The second-order valence-electron chi connectivity index (χ2n) is 7.16. The molecule has 0 radical (unpaired) electrons. The number of piperazine rings is 1. The maximum atomic E-state index is 10.6. The van der Waals surface area contributed by atoms with Crippen molar-refractivity contribution in [3.63, 3.8) is 0 Å². The molecule has 0 saturated carbocycles. The molecule has 7 nitrogen and oxygen atoms in total. The summed E-state index contributed by atoms with van der Waals surface area (Å²) in [7, 11) is 3.30. The number of guanidine groups is 1. The molecular formula is C23H33IN4O3. The van der Waals surface area contributed by atoms with Gasteiger partial charge in [0.05, 0.1) is 26.9 Å². The van der Waals surface area contributed by atoms with Crippen molar-refractivity contribution < 1.29 is 14.6 Å². The van der Waals surface area contributed by atoms with Crippen LogP contribution in [0.4, 0.5) is 5.69 Å². The largest absolute Gasteiger partial charge is 0.497 e. The van der Waals surface area contributed by atoms with Crippen molar-refractivity contribution in [2.75, 3.05) is 58.4 Å². The molecule has 3 rings (SSSR count). The van der Waals surface area contributed by atoms with Gasteiger partial charge in [-0.05, 0) is 48.9 Å². The average Bonchev–Trinajstić information content (AvgIpc) is 2.81. The summed E-state index contributed by atoms with van der Waals surface area (Å²) in [5.74, 6) is 2.44. The zero-order valence-electron chi connectivity index (χ0n) is 18.5. The fourth-order valence-corrected chi connectivity index (χ4v) is 3.52. The summed E-state index contributed by atoms with van der Waals surface area (Å²) < 4.78 is 10.5. The molecule has 0 aliphatic carbocycles. The zero-order chi connectivity index (χ0) is 21.3. The van der Waals surface area contributed by atoms with Crippen LogP contribution >= 0.6 is 24.0 Å². The Bertz CT molecular complexity index is 824. The fourth-order valence-electron chi connectivity index (χ4n) is 3.52. The van der Waals surface area contributed by atoms with E-state index >= 15 is 0 Å². The lowest BCUT2D eigenvalue weighted by Crippen LogP contribution is -2.52. The molecule has 170 valence electrons. The molecule has 1 heterocycles. The van der Waals surface area contributed by atoms with Crippen LogP contribution in [0.5, 0.6) is 11.5 Å². The number of halogens is 1. The van der Waals surface area contributed by atoms with Crippen molar-refractivity contribution in [3.05, 3.63) is 54.1 Å². The van der Waals surface area contributed by atoms with E-state index in [9.17, 15) is 5.11 Å². The third kappa shape index (κ3) is 6.90. The van der Waals surface area contributed by atoms with Crippen LogP contribution in [-0.4, -0.2) is 69.5 Å². The molecule has 1 saturated heterocycles. The van der Waals surface area contributed by atoms with E-state index < -0.39 is 6.10 Å². The summed E-state index contributed by atoms with van der Waals surface area (Å²) in [6.45, 7) is 6.70. The predicted octanol–water partition coefficient (Wildman–Crippen LogP) is 3.14. The number of hydrogen-bond acceptors (Lipinski definition) is 5. The van der Waals surface area contributed by atoms with Gasteiger partial charge in [-0.25, -0.2) is 0 Å². The lowest BCUT2D eigenvalue weighted by atomic mass is 10.1. The van der Waals surface area contributed by atoms with E-state index in [4.69, 9.17) is 14.5 Å². The first-order valence-electron chi connectivity index (χ1n) is 10.4. The number of aliphatic imine (C=N–C) groups is 1. The number of nitrogens with zero attached hydrogens (tertiary/aromatic N) is 3. The zero-order valence-corrected chi connectivity index (χ0v) is 20.8. The number of nitrogens with one attached hydrogen (secondary N) is 1. The number of aliphatic hydroxyl groups is 1. The number of ether oxygens (including phenoxy) is 2. The number of methoxy groups -OCH3 is 2. The Labute approximate surface area is 202 Å². The van der Waals surface area contributed by atoms with Crippen LogP contribution in [0.2, 0.25) is 0 Å². The Morgan fingerprint density at radius 3 is 2.32 bits per heavy atom. The van der Waals surface area contributed by atoms with E-state index in [1.165, 1.54) is 5.69 Å². The number of aliphatic hydroxyl groups excluding tert-OH is 1. The third-order valence-corrected chi connectivity index (χ3v) is 5.24. The van der Waals surface area contributed by atoms with E-state index in [2.05, 4.69) is 34.2 Å². The minimum atomic E-state index is -0.672. The van der Waals surface area contributed by atoms with Crippen molar-refractivity contribution >= 4 is 35.6 Å². The third-order valence-electron chi connectivity index (χ3n) is 5.24. The highest BCUT2D eigenvalue weighted by Gasteiger charge is 2.20. The Morgan fingerprint density at radius 1 is 1.03 bits per heavy atom. The molecule has 8 heteroatoms. The Hall–Kier alpha value is -2.20. The first kappa shape index (κ1) is 25.1. The topological polar surface area (TPSA) is 69.6 Å². The van der Waals surface area contributed by atoms with E-state index in [0.29, 0.717) is 6.54 Å². The Balaban J connectivity index is 0.00000341. The maximum absolute atomic E-state index is 10.6. The lowest BCUT2D eigenvalue weighted by Gasteiger charge is -2.37. The number of hydrogen-bond donors (Lipinski definition) is 2. The van der Waals surface area contributed by atoms with Crippen molar-refractivity contribution in [1.82, 2.24) is 10.2 Å². The molecule has 0 spiro atoms. The summed E-state index contributed by atoms with van der Waals surface area (Å²) in [4.78, 5) is 9.31. The van der Waals surface area contributed by atoms with Gasteiger partial charge in [-0.3, -0.25) is 4.99 Å². The van der Waals surface area contributed by atoms with Gasteiger partial charge in [-0.1, -0.05) is 12.1 Å². The molecule has 1 unspecified atom stereocenters. The normalized spacial score (nSPS) is 15.2. The van der Waals surface area contributed by atoms with Gasteiger partial charge in [0.25, 0.3) is 0 Å². The standard InChI is InChI=1S/C23H32N4O3.HI/c1-4-24-23(25-17-22(28)18-6-5-7-21(16-18)30-3)27-14-12-26(13-15-27)19-8-10-20(29-2)11-9-19;/h5-11,16,22,28H,4,12-15,17H2,1-3H3,(H,24,25);1H. The van der Waals surface area contributed by atoms with E-state index in [1.54, 1.807) is 14.2 Å². The van der Waals surface area contributed by atoms with Gasteiger partial charge >= 0.3 is 0 Å². The number of benzene rings is 2. The second kappa shape index (κ2) is 12.6. The molecular weight excluding hydrogens is 507 g/mol. The monoisotopic (exact) mass is 540 g/mol. The predicted molar refractivity (Wildman–Crippen MR) is 136 cm³/mol. The van der Waals surface area contributed by atoms with Gasteiger partial charge in [0.2, 0.25) is 0 Å². The minimum Gasteiger partial charge on any atom is -0.497 e. The van der Waals surface area contributed by atoms with Crippen molar-refractivity contribution in [1.29, 1.82) is 0 Å². The van der Waals surface area contributed by atoms with E-state index in [-0.39, 0.29) is 24.0 Å². The quantitative estimate of drug-likeness (QED) is 0.320. The van der Waals surface area contributed by atoms with Crippen LogP contribution in [-0.2, 0) is 0 Å². The highest BCUT2D eigenvalue weighted by atomic mass is 127. The summed E-state index contributed by atoms with van der Waals surface area (Å²) in [6, 6.07) is 15.7. The van der Waals surface area contributed by atoms with Gasteiger partial charge < -0.3 is 29.7 Å². The summed E-state index contributed by atoms with van der Waals surface area (Å²) in [6.07, 6.45) is -0.672. The van der Waals surface area contributed by atoms with Crippen LogP contribution in [0, 0.1) is 0 Å². The molecule has 0 bridgehead atoms. The molecule has 31 heavy (non-hydrogen) atoms. The molecule has 0 aromatic heterocycles. The lowest BCUT2D eigenvalue weighted by molar-refractivity contribution is 0.186. The van der Waals surface area contributed by atoms with Gasteiger partial charge in [0.15, 0.2) is 5.96 Å². The minimum absolute atomic E-state index is 0. The SMILES string of the molecule is CCNC(=NCC(O)c1cccc(OC)c1)N1CCN(c2ccc(OC)cc2)CC1.I. The number of rotatable bonds is 7. The number of anilines is 1. The van der Waals surface area contributed by atoms with Gasteiger partial charge in [0, 0.05) is 38.4 Å². The highest BCUT2D eigenvalue weighted by Crippen LogP contribution is 2.21. The smallest absolute Gasteiger partial charge is 0.194 e. The first-order valence-corrected chi connectivity index (χ1v) is 10.4. The van der Waals surface area contributed by atoms with Gasteiger partial charge in [-0.15, -0.1) is 24.0 Å². The molecule has 1 fully saturated rings. The molecule has 2 aromatic carbocycles. The van der Waals surface area contributed by atoms with Gasteiger partial charge in [-0.2, -0.15) is 0 Å². The average molecular weight is 540 g/mol. The Morgan fingerprint density at radius 2 is 1.71 bits per heavy atom. The highest BCUT2D eigenvalue weighted by molar-refractivity contribution is 14.0. The van der Waals surface area contributed by atoms with Crippen LogP contribution < -0.4 is 19.7 Å². The second-order valence-corrected chi connectivity index (χ2v) is 7.16. The van der Waals surface area contributed by atoms with Gasteiger partial charge in [0.1, 0.15) is 11.5 Å². The molecule has 2 N–H and O–H groups in total. The fraction of sp³-hybridized carbons (Fsp3) is 0.435. The van der Waals surface area contributed by atoms with Crippen molar-refractivity contribution in [3.8, 4) is 11.5 Å². The summed E-state index contributed by atoms with van der Waals surface area (Å²) in [5.41, 5.74) is 2.00. The first-order chi connectivity index (χ1) is 14.6. The van der Waals surface area contributed by atoms with Crippen LogP contribution in [0.1, 0.15) is 18.6 Å². The van der Waals surface area contributed by atoms with Crippen molar-refractivity contribution in [2.24, 2.45) is 4.99 Å². The molecule has 2 aromatic rings. The van der Waals surface area contributed by atoms with Crippen LogP contribution in [0.3, 0.4) is 0 Å². The Kier molecular flexibility index (Phi) is 10.2. The summed E-state index contributed by atoms with van der Waals surface area (Å²) >= 11 is 0.